The van der Waals surface area contributed by atoms with Gasteiger partial charge in [0.1, 0.15) is 24.1 Å². The number of hydrogen-bond acceptors (Lipinski definition) is 6. The normalized spacial score (nSPS) is 16.8. The highest BCUT2D eigenvalue weighted by Gasteiger charge is 2.36. The van der Waals surface area contributed by atoms with Gasteiger partial charge >= 0.3 is 12.1 Å². The van der Waals surface area contributed by atoms with Crippen LogP contribution in [0.1, 0.15) is 12.0 Å². The summed E-state index contributed by atoms with van der Waals surface area (Å²) in [5.74, 6) is -1.26. The van der Waals surface area contributed by atoms with Gasteiger partial charge in [0.05, 0.1) is 17.6 Å². The maximum Gasteiger partial charge on any atom is 0.412 e. The molecule has 13 heteroatoms. The zero-order chi connectivity index (χ0) is 27.2. The molecule has 38 heavy (non-hydrogen) atoms. The Morgan fingerprint density at radius 2 is 1.97 bits per heavy atom. The number of urea groups is 1. The highest BCUT2D eigenvalue weighted by atomic mass is 35.5. The number of pyridine rings is 1. The fourth-order valence-electron chi connectivity index (χ4n) is 4.16. The third kappa shape index (κ3) is 6.64. The van der Waals surface area contributed by atoms with Gasteiger partial charge in [-0.1, -0.05) is 23.7 Å². The fourth-order valence-corrected chi connectivity index (χ4v) is 4.36. The first-order valence-corrected chi connectivity index (χ1v) is 12.1. The van der Waals surface area contributed by atoms with Gasteiger partial charge in [0, 0.05) is 30.7 Å². The molecule has 1 aliphatic rings. The Morgan fingerprint density at radius 1 is 1.16 bits per heavy atom. The molecule has 0 aliphatic carbocycles. The molecule has 3 aromatic rings. The summed E-state index contributed by atoms with van der Waals surface area (Å²) in [6.45, 7) is -0.292. The highest BCUT2D eigenvalue weighted by molar-refractivity contribution is 6.31. The van der Waals surface area contributed by atoms with E-state index in [9.17, 15) is 23.2 Å². The van der Waals surface area contributed by atoms with E-state index in [4.69, 9.17) is 22.1 Å². The average Bonchev–Trinajstić information content (AvgIpc) is 3.30. The SMILES string of the molecule is NCC(=O)N[C@@H]1C[C@@H](COC(=O)Nc2cc3cc(F)ccc3cn2)N(C(=O)NCc2cccc(F)c2Cl)C1. The van der Waals surface area contributed by atoms with Crippen LogP contribution in [0.3, 0.4) is 0 Å². The molecule has 1 aromatic heterocycles. The summed E-state index contributed by atoms with van der Waals surface area (Å²) in [6.07, 6.45) is 0.971. The van der Waals surface area contributed by atoms with Crippen molar-refractivity contribution in [3.05, 3.63) is 70.9 Å². The Bertz CT molecular complexity index is 1360. The summed E-state index contributed by atoms with van der Waals surface area (Å²) >= 11 is 5.97. The number of carbonyl (C=O) groups excluding carboxylic acids is 3. The van der Waals surface area contributed by atoms with E-state index in [1.165, 1.54) is 41.4 Å². The number of ether oxygens (including phenoxy) is 1. The van der Waals surface area contributed by atoms with E-state index in [1.807, 2.05) is 0 Å². The number of aromatic nitrogens is 1. The molecule has 10 nitrogen and oxygen atoms in total. The number of halogens is 3. The van der Waals surface area contributed by atoms with Crippen molar-refractivity contribution < 1.29 is 27.9 Å². The van der Waals surface area contributed by atoms with E-state index >= 15 is 0 Å². The minimum absolute atomic E-state index is 0.0337. The predicted octanol–water partition coefficient (Wildman–Crippen LogP) is 3.14. The molecule has 4 rings (SSSR count). The van der Waals surface area contributed by atoms with Crippen molar-refractivity contribution in [3.8, 4) is 0 Å². The van der Waals surface area contributed by atoms with Gasteiger partial charge in [-0.05, 0) is 47.7 Å². The summed E-state index contributed by atoms with van der Waals surface area (Å²) in [5.41, 5.74) is 5.77. The van der Waals surface area contributed by atoms with Gasteiger partial charge in [-0.2, -0.15) is 0 Å². The molecular formula is C25H25ClF2N6O4. The minimum atomic E-state index is -0.824. The van der Waals surface area contributed by atoms with Crippen LogP contribution in [-0.2, 0) is 16.1 Å². The summed E-state index contributed by atoms with van der Waals surface area (Å²) in [7, 11) is 0. The first-order valence-electron chi connectivity index (χ1n) is 11.7. The molecule has 0 radical (unpaired) electrons. The van der Waals surface area contributed by atoms with Crippen LogP contribution in [0.2, 0.25) is 5.02 Å². The zero-order valence-electron chi connectivity index (χ0n) is 20.0. The van der Waals surface area contributed by atoms with Crippen LogP contribution in [0.25, 0.3) is 10.8 Å². The molecule has 0 bridgehead atoms. The maximum absolute atomic E-state index is 13.7. The summed E-state index contributed by atoms with van der Waals surface area (Å²) < 4.78 is 32.6. The number of nitrogens with zero attached hydrogens (tertiary/aromatic N) is 2. The van der Waals surface area contributed by atoms with Crippen molar-refractivity contribution in [1.29, 1.82) is 0 Å². The lowest BCUT2D eigenvalue weighted by atomic mass is 10.2. The van der Waals surface area contributed by atoms with Crippen LogP contribution in [-0.4, -0.2) is 59.7 Å². The van der Waals surface area contributed by atoms with Gasteiger partial charge in [-0.15, -0.1) is 0 Å². The molecule has 0 spiro atoms. The van der Waals surface area contributed by atoms with Crippen LogP contribution in [0.15, 0.2) is 48.7 Å². The number of rotatable bonds is 7. The molecule has 200 valence electrons. The van der Waals surface area contributed by atoms with Crippen molar-refractivity contribution in [1.82, 2.24) is 20.5 Å². The largest absolute Gasteiger partial charge is 0.447 e. The number of carbonyl (C=O) groups is 3. The lowest BCUT2D eigenvalue weighted by molar-refractivity contribution is -0.120. The monoisotopic (exact) mass is 546 g/mol. The molecule has 5 N–H and O–H groups in total. The second-order valence-electron chi connectivity index (χ2n) is 8.67. The second kappa shape index (κ2) is 12.0. The number of nitrogens with two attached hydrogens (primary N) is 1. The van der Waals surface area contributed by atoms with E-state index in [-0.39, 0.29) is 43.0 Å². The van der Waals surface area contributed by atoms with Crippen LogP contribution in [0.5, 0.6) is 0 Å². The van der Waals surface area contributed by atoms with Crippen LogP contribution < -0.4 is 21.7 Å². The first-order chi connectivity index (χ1) is 18.2. The molecule has 1 aliphatic heterocycles. The van der Waals surface area contributed by atoms with Crippen molar-refractivity contribution >= 4 is 46.2 Å². The van der Waals surface area contributed by atoms with Crippen molar-refractivity contribution in [3.63, 3.8) is 0 Å². The van der Waals surface area contributed by atoms with E-state index < -0.39 is 35.8 Å². The molecule has 4 amide bonds. The topological polar surface area (TPSA) is 139 Å². The summed E-state index contributed by atoms with van der Waals surface area (Å²) in [4.78, 5) is 42.7. The molecule has 1 fully saturated rings. The smallest absolute Gasteiger partial charge is 0.412 e. The third-order valence-corrected chi connectivity index (χ3v) is 6.43. The number of amides is 4. The Morgan fingerprint density at radius 3 is 2.76 bits per heavy atom. The van der Waals surface area contributed by atoms with E-state index in [0.29, 0.717) is 22.8 Å². The van der Waals surface area contributed by atoms with Crippen molar-refractivity contribution in [2.24, 2.45) is 5.73 Å². The number of anilines is 1. The second-order valence-corrected chi connectivity index (χ2v) is 9.04. The van der Waals surface area contributed by atoms with E-state index in [1.54, 1.807) is 12.1 Å². The number of fused-ring (bicyclic) bond motifs is 1. The molecule has 2 aromatic carbocycles. The quantitative estimate of drug-likeness (QED) is 0.359. The minimum Gasteiger partial charge on any atom is -0.447 e. The average molecular weight is 547 g/mol. The number of benzene rings is 2. The number of nitrogens with one attached hydrogen (secondary N) is 3. The Kier molecular flexibility index (Phi) is 8.54. The summed E-state index contributed by atoms with van der Waals surface area (Å²) in [5, 5.41) is 9.04. The Hall–Kier alpha value is -4.03. The maximum atomic E-state index is 13.7. The van der Waals surface area contributed by atoms with Gasteiger partial charge in [0.2, 0.25) is 5.91 Å². The van der Waals surface area contributed by atoms with Crippen LogP contribution in [0.4, 0.5) is 24.2 Å². The van der Waals surface area contributed by atoms with Gasteiger partial charge in [-0.3, -0.25) is 10.1 Å². The van der Waals surface area contributed by atoms with Gasteiger partial charge in [0.15, 0.2) is 0 Å². The predicted molar refractivity (Wildman–Crippen MR) is 136 cm³/mol. The van der Waals surface area contributed by atoms with E-state index in [0.717, 1.165) is 0 Å². The van der Waals surface area contributed by atoms with Crippen LogP contribution in [0, 0.1) is 11.6 Å². The Labute approximate surface area is 221 Å². The zero-order valence-corrected chi connectivity index (χ0v) is 20.8. The molecular weight excluding hydrogens is 522 g/mol. The highest BCUT2D eigenvalue weighted by Crippen LogP contribution is 2.22. The van der Waals surface area contributed by atoms with Gasteiger partial charge in [-0.25, -0.2) is 23.4 Å². The molecule has 0 saturated carbocycles. The van der Waals surface area contributed by atoms with Gasteiger partial charge in [0.25, 0.3) is 0 Å². The molecule has 2 heterocycles. The molecule has 0 unspecified atom stereocenters. The van der Waals surface area contributed by atoms with E-state index in [2.05, 4.69) is 20.9 Å². The third-order valence-electron chi connectivity index (χ3n) is 6.01. The number of likely N-dealkylation sites (tertiary alicyclic amines) is 1. The standard InChI is InChI=1S/C25H25ClF2N6O4/c26-23-15(2-1-3-20(23)28)11-31-24(36)34-12-18(32-22(35)9-29)8-19(34)13-38-25(37)33-21-7-16-6-17(27)5-4-14(16)10-30-21/h1-7,10,18-19H,8-9,11-13,29H2,(H,31,36)(H,32,35)(H,30,33,37)/t18-,19+/m1/s1. The lowest BCUT2D eigenvalue weighted by Crippen LogP contribution is -2.46. The van der Waals surface area contributed by atoms with Gasteiger partial charge < -0.3 is 26.0 Å². The Balaban J connectivity index is 1.38. The molecule has 1 saturated heterocycles. The first kappa shape index (κ1) is 27.0. The molecule has 2 atom stereocenters. The summed E-state index contributed by atoms with van der Waals surface area (Å²) in [6, 6.07) is 8.47. The lowest BCUT2D eigenvalue weighted by Gasteiger charge is -2.24. The number of hydrogen-bond donors (Lipinski definition) is 4. The fraction of sp³-hybridized carbons (Fsp3) is 0.280. The van der Waals surface area contributed by atoms with Crippen molar-refractivity contribution in [2.75, 3.05) is 25.0 Å². The van der Waals surface area contributed by atoms with Crippen LogP contribution >= 0.6 is 11.6 Å². The van der Waals surface area contributed by atoms with Crippen molar-refractivity contribution in [2.45, 2.75) is 25.0 Å².